The van der Waals surface area contributed by atoms with Crippen LogP contribution in [0.3, 0.4) is 0 Å². The van der Waals surface area contributed by atoms with Crippen molar-refractivity contribution in [2.45, 2.75) is 30.4 Å². The van der Waals surface area contributed by atoms with Crippen LogP contribution in [0.2, 0.25) is 0 Å². The SMILES string of the molecule is CNCC(C)C(=O)NCC(C)(C)S(=O)(=O)c1ccc(Br)cc1.Cl. The molecule has 0 spiro atoms. The Morgan fingerprint density at radius 1 is 1.26 bits per heavy atom. The molecule has 0 radical (unpaired) electrons. The number of amides is 1. The minimum absolute atomic E-state index is 0. The van der Waals surface area contributed by atoms with E-state index >= 15 is 0 Å². The quantitative estimate of drug-likeness (QED) is 0.700. The first kappa shape index (κ1) is 22.4. The van der Waals surface area contributed by atoms with E-state index < -0.39 is 14.6 Å². The fourth-order valence-corrected chi connectivity index (χ4v) is 3.56. The molecule has 8 heteroatoms. The molecule has 0 saturated carbocycles. The predicted octanol–water partition coefficient (Wildman–Crippen LogP) is 2.39. The molecule has 0 aliphatic carbocycles. The molecule has 1 amide bonds. The van der Waals surface area contributed by atoms with Gasteiger partial charge in [0, 0.05) is 23.5 Å². The third-order valence-corrected chi connectivity index (χ3v) is 6.52. The summed E-state index contributed by atoms with van der Waals surface area (Å²) < 4.78 is 25.1. The summed E-state index contributed by atoms with van der Waals surface area (Å²) in [5.74, 6) is -0.371. The fraction of sp³-hybridized carbons (Fsp3) is 0.533. The molecule has 2 N–H and O–H groups in total. The van der Waals surface area contributed by atoms with Gasteiger partial charge in [-0.05, 0) is 45.2 Å². The molecule has 0 aliphatic heterocycles. The molecule has 0 saturated heterocycles. The maximum absolute atomic E-state index is 12.7. The summed E-state index contributed by atoms with van der Waals surface area (Å²) in [5, 5.41) is 5.65. The summed E-state index contributed by atoms with van der Waals surface area (Å²) in [5.41, 5.74) is 0. The van der Waals surface area contributed by atoms with Crippen LogP contribution in [0.5, 0.6) is 0 Å². The summed E-state index contributed by atoms with van der Waals surface area (Å²) in [7, 11) is -1.77. The number of carbonyl (C=O) groups is 1. The van der Waals surface area contributed by atoms with Gasteiger partial charge in [0.05, 0.1) is 9.64 Å². The highest BCUT2D eigenvalue weighted by Gasteiger charge is 2.36. The summed E-state index contributed by atoms with van der Waals surface area (Å²) in [6.07, 6.45) is 0. The Balaban J connectivity index is 0.00000484. The maximum atomic E-state index is 12.7. The molecule has 1 aromatic carbocycles. The monoisotopic (exact) mass is 426 g/mol. The largest absolute Gasteiger partial charge is 0.354 e. The summed E-state index contributed by atoms with van der Waals surface area (Å²) in [6, 6.07) is 6.51. The highest BCUT2D eigenvalue weighted by Crippen LogP contribution is 2.26. The van der Waals surface area contributed by atoms with Gasteiger partial charge in [0.2, 0.25) is 5.91 Å². The van der Waals surface area contributed by atoms with Gasteiger partial charge in [-0.1, -0.05) is 22.9 Å². The standard InChI is InChI=1S/C15H23BrN2O3S.ClH/c1-11(9-17-4)14(19)18-10-15(2,3)22(20,21)13-7-5-12(16)6-8-13;/h5-8,11,17H,9-10H2,1-4H3,(H,18,19);1H. The van der Waals surface area contributed by atoms with E-state index in [9.17, 15) is 13.2 Å². The molecule has 1 atom stereocenters. The molecular weight excluding hydrogens is 404 g/mol. The maximum Gasteiger partial charge on any atom is 0.224 e. The van der Waals surface area contributed by atoms with Crippen LogP contribution in [0.15, 0.2) is 33.6 Å². The van der Waals surface area contributed by atoms with Crippen molar-refractivity contribution in [1.29, 1.82) is 0 Å². The molecule has 23 heavy (non-hydrogen) atoms. The topological polar surface area (TPSA) is 75.3 Å². The second-order valence-corrected chi connectivity index (χ2v) is 9.39. The molecule has 0 heterocycles. The molecule has 1 unspecified atom stereocenters. The van der Waals surface area contributed by atoms with Crippen LogP contribution in [0.1, 0.15) is 20.8 Å². The lowest BCUT2D eigenvalue weighted by atomic mass is 10.1. The molecule has 1 rings (SSSR count). The van der Waals surface area contributed by atoms with E-state index in [4.69, 9.17) is 0 Å². The van der Waals surface area contributed by atoms with E-state index in [1.807, 2.05) is 0 Å². The number of benzene rings is 1. The molecule has 5 nitrogen and oxygen atoms in total. The van der Waals surface area contributed by atoms with Crippen molar-refractivity contribution in [3.05, 3.63) is 28.7 Å². The molecular formula is C15H24BrClN2O3S. The van der Waals surface area contributed by atoms with E-state index in [2.05, 4.69) is 26.6 Å². The predicted molar refractivity (Wildman–Crippen MR) is 98.8 cm³/mol. The summed E-state index contributed by atoms with van der Waals surface area (Å²) in [4.78, 5) is 12.2. The number of carbonyl (C=O) groups excluding carboxylic acids is 1. The average molecular weight is 428 g/mol. The highest BCUT2D eigenvalue weighted by atomic mass is 79.9. The van der Waals surface area contributed by atoms with Crippen molar-refractivity contribution in [3.63, 3.8) is 0 Å². The fourth-order valence-electron chi connectivity index (χ4n) is 1.90. The number of halogens is 2. The molecule has 0 fully saturated rings. The zero-order chi connectivity index (χ0) is 17.0. The normalized spacial score (nSPS) is 13.1. The second-order valence-electron chi connectivity index (χ2n) is 5.89. The van der Waals surface area contributed by atoms with Gasteiger partial charge in [-0.3, -0.25) is 4.79 Å². The third-order valence-electron chi connectivity index (χ3n) is 3.50. The lowest BCUT2D eigenvalue weighted by Crippen LogP contribution is -2.46. The Kier molecular flexibility index (Phi) is 8.76. The van der Waals surface area contributed by atoms with E-state index in [1.165, 1.54) is 0 Å². The summed E-state index contributed by atoms with van der Waals surface area (Å²) >= 11 is 3.29. The van der Waals surface area contributed by atoms with Crippen molar-refractivity contribution >= 4 is 44.1 Å². The van der Waals surface area contributed by atoms with Gasteiger partial charge in [0.25, 0.3) is 0 Å². The van der Waals surface area contributed by atoms with Gasteiger partial charge >= 0.3 is 0 Å². The third kappa shape index (κ3) is 5.74. The Labute approximate surface area is 153 Å². The number of sulfone groups is 1. The van der Waals surface area contributed by atoms with Crippen molar-refractivity contribution in [3.8, 4) is 0 Å². The number of rotatable bonds is 7. The van der Waals surface area contributed by atoms with Gasteiger partial charge < -0.3 is 10.6 Å². The van der Waals surface area contributed by atoms with Crippen molar-refractivity contribution in [1.82, 2.24) is 10.6 Å². The molecule has 1 aromatic rings. The first-order valence-electron chi connectivity index (χ1n) is 7.04. The lowest BCUT2D eigenvalue weighted by molar-refractivity contribution is -0.124. The Morgan fingerprint density at radius 3 is 2.26 bits per heavy atom. The van der Waals surface area contributed by atoms with Crippen molar-refractivity contribution in [2.75, 3.05) is 20.1 Å². The molecule has 0 aliphatic rings. The van der Waals surface area contributed by atoms with Crippen molar-refractivity contribution < 1.29 is 13.2 Å². The number of hydrogen-bond acceptors (Lipinski definition) is 4. The zero-order valence-electron chi connectivity index (χ0n) is 13.7. The highest BCUT2D eigenvalue weighted by molar-refractivity contribution is 9.10. The van der Waals surface area contributed by atoms with Crippen molar-refractivity contribution in [2.24, 2.45) is 5.92 Å². The van der Waals surface area contributed by atoms with Gasteiger partial charge in [-0.15, -0.1) is 12.4 Å². The Bertz CT molecular complexity index is 618. The van der Waals surface area contributed by atoms with E-state index in [-0.39, 0.29) is 35.7 Å². The van der Waals surface area contributed by atoms with Crippen LogP contribution in [0, 0.1) is 5.92 Å². The molecule has 132 valence electrons. The average Bonchev–Trinajstić information content (AvgIpc) is 2.45. The first-order valence-corrected chi connectivity index (χ1v) is 9.32. The van der Waals surface area contributed by atoms with Gasteiger partial charge in [0.1, 0.15) is 0 Å². The van der Waals surface area contributed by atoms with Gasteiger partial charge in [-0.25, -0.2) is 8.42 Å². The minimum atomic E-state index is -3.54. The second kappa shape index (κ2) is 9.01. The molecule has 0 aromatic heterocycles. The smallest absolute Gasteiger partial charge is 0.224 e. The van der Waals surface area contributed by atoms with Crippen LogP contribution in [-0.2, 0) is 14.6 Å². The minimum Gasteiger partial charge on any atom is -0.354 e. The first-order chi connectivity index (χ1) is 10.1. The van der Waals surface area contributed by atoms with Crippen LogP contribution < -0.4 is 10.6 Å². The van der Waals surface area contributed by atoms with Crippen LogP contribution >= 0.6 is 28.3 Å². The number of hydrogen-bond donors (Lipinski definition) is 2. The van der Waals surface area contributed by atoms with E-state index in [0.717, 1.165) is 4.47 Å². The van der Waals surface area contributed by atoms with E-state index in [0.29, 0.717) is 6.54 Å². The van der Waals surface area contributed by atoms with Crippen LogP contribution in [-0.4, -0.2) is 39.2 Å². The van der Waals surface area contributed by atoms with E-state index in [1.54, 1.807) is 52.1 Å². The van der Waals surface area contributed by atoms with Crippen LogP contribution in [0.4, 0.5) is 0 Å². The Hall–Kier alpha value is -0.630. The lowest BCUT2D eigenvalue weighted by Gasteiger charge is -2.26. The summed E-state index contributed by atoms with van der Waals surface area (Å²) in [6.45, 7) is 5.65. The zero-order valence-corrected chi connectivity index (χ0v) is 16.9. The Morgan fingerprint density at radius 2 is 1.78 bits per heavy atom. The van der Waals surface area contributed by atoms with Gasteiger partial charge in [-0.2, -0.15) is 0 Å². The van der Waals surface area contributed by atoms with Gasteiger partial charge in [0.15, 0.2) is 9.84 Å². The number of nitrogens with one attached hydrogen (secondary N) is 2. The molecule has 0 bridgehead atoms. The van der Waals surface area contributed by atoms with Crippen LogP contribution in [0.25, 0.3) is 0 Å².